The molecule has 154 valence electrons. The lowest BCUT2D eigenvalue weighted by Crippen LogP contribution is -2.48. The molecule has 1 aliphatic rings. The van der Waals surface area contributed by atoms with Crippen molar-refractivity contribution in [2.24, 2.45) is 4.99 Å². The SMILES string of the molecule is CCNC(=NCc1ncc(C)s1)NC1CCN(Cc2ccc(F)cc2)CC1.I. The quantitative estimate of drug-likeness (QED) is 0.347. The van der Waals surface area contributed by atoms with E-state index in [1.54, 1.807) is 11.3 Å². The number of benzene rings is 1. The number of nitrogens with zero attached hydrogens (tertiary/aromatic N) is 3. The van der Waals surface area contributed by atoms with Crippen molar-refractivity contribution in [3.05, 3.63) is 51.7 Å². The summed E-state index contributed by atoms with van der Waals surface area (Å²) in [6, 6.07) is 7.23. The maximum atomic E-state index is 13.0. The molecule has 0 saturated carbocycles. The Balaban J connectivity index is 0.00000280. The summed E-state index contributed by atoms with van der Waals surface area (Å²) in [5, 5.41) is 7.94. The molecule has 5 nitrogen and oxygen atoms in total. The van der Waals surface area contributed by atoms with Crippen molar-refractivity contribution in [3.63, 3.8) is 0 Å². The molecular weight excluding hydrogens is 488 g/mol. The molecule has 1 fully saturated rings. The zero-order valence-corrected chi connectivity index (χ0v) is 19.6. The number of thiazole rings is 1. The summed E-state index contributed by atoms with van der Waals surface area (Å²) in [5.74, 6) is 0.687. The van der Waals surface area contributed by atoms with E-state index in [2.05, 4.69) is 39.4 Å². The number of hydrogen-bond donors (Lipinski definition) is 2. The van der Waals surface area contributed by atoms with Gasteiger partial charge < -0.3 is 10.6 Å². The number of nitrogens with one attached hydrogen (secondary N) is 2. The molecule has 8 heteroatoms. The molecule has 2 N–H and O–H groups in total. The van der Waals surface area contributed by atoms with Crippen LogP contribution in [0.5, 0.6) is 0 Å². The van der Waals surface area contributed by atoms with Crippen molar-refractivity contribution in [2.45, 2.75) is 45.8 Å². The molecule has 0 spiro atoms. The summed E-state index contributed by atoms with van der Waals surface area (Å²) in [7, 11) is 0. The van der Waals surface area contributed by atoms with Crippen LogP contribution < -0.4 is 10.6 Å². The lowest BCUT2D eigenvalue weighted by molar-refractivity contribution is 0.198. The molecule has 1 aliphatic heterocycles. The topological polar surface area (TPSA) is 52.6 Å². The second-order valence-electron chi connectivity index (χ2n) is 6.88. The van der Waals surface area contributed by atoms with E-state index in [0.717, 1.165) is 55.6 Å². The first-order chi connectivity index (χ1) is 13.1. The number of likely N-dealkylation sites (tertiary alicyclic amines) is 1. The van der Waals surface area contributed by atoms with Gasteiger partial charge in [0.05, 0.1) is 6.54 Å². The summed E-state index contributed by atoms with van der Waals surface area (Å²) in [4.78, 5) is 12.7. The molecule has 1 aromatic heterocycles. The van der Waals surface area contributed by atoms with Crippen molar-refractivity contribution in [1.29, 1.82) is 0 Å². The van der Waals surface area contributed by atoms with Gasteiger partial charge in [0.1, 0.15) is 10.8 Å². The molecule has 0 unspecified atom stereocenters. The summed E-state index contributed by atoms with van der Waals surface area (Å²) in [6.45, 7) is 8.53. The van der Waals surface area contributed by atoms with Crippen LogP contribution in [0.15, 0.2) is 35.5 Å². The second kappa shape index (κ2) is 11.7. The van der Waals surface area contributed by atoms with Crippen LogP contribution in [0.4, 0.5) is 4.39 Å². The number of guanidine groups is 1. The van der Waals surface area contributed by atoms with Gasteiger partial charge in [0, 0.05) is 43.3 Å². The highest BCUT2D eigenvalue weighted by molar-refractivity contribution is 14.0. The van der Waals surface area contributed by atoms with Crippen LogP contribution in [0.3, 0.4) is 0 Å². The van der Waals surface area contributed by atoms with E-state index in [4.69, 9.17) is 0 Å². The van der Waals surface area contributed by atoms with E-state index >= 15 is 0 Å². The van der Waals surface area contributed by atoms with Crippen LogP contribution in [-0.2, 0) is 13.1 Å². The minimum absolute atomic E-state index is 0. The zero-order valence-electron chi connectivity index (χ0n) is 16.4. The van der Waals surface area contributed by atoms with Crippen LogP contribution in [0.2, 0.25) is 0 Å². The van der Waals surface area contributed by atoms with Crippen LogP contribution in [0.1, 0.15) is 35.2 Å². The minimum atomic E-state index is -0.176. The Labute approximate surface area is 187 Å². The molecule has 0 bridgehead atoms. The van der Waals surface area contributed by atoms with Gasteiger partial charge in [-0.2, -0.15) is 0 Å². The number of piperidine rings is 1. The van der Waals surface area contributed by atoms with Crippen molar-refractivity contribution >= 4 is 41.3 Å². The van der Waals surface area contributed by atoms with E-state index in [0.29, 0.717) is 12.6 Å². The van der Waals surface area contributed by atoms with Crippen LogP contribution >= 0.6 is 35.3 Å². The Bertz CT molecular complexity index is 741. The zero-order chi connectivity index (χ0) is 19.1. The second-order valence-corrected chi connectivity index (χ2v) is 8.20. The van der Waals surface area contributed by atoms with E-state index < -0.39 is 0 Å². The van der Waals surface area contributed by atoms with Crippen LogP contribution in [0.25, 0.3) is 0 Å². The van der Waals surface area contributed by atoms with Gasteiger partial charge in [-0.25, -0.2) is 14.4 Å². The summed E-state index contributed by atoms with van der Waals surface area (Å²) >= 11 is 1.69. The van der Waals surface area contributed by atoms with Gasteiger partial charge in [-0.1, -0.05) is 12.1 Å². The lowest BCUT2D eigenvalue weighted by atomic mass is 10.0. The molecule has 28 heavy (non-hydrogen) atoms. The number of halogens is 2. The number of aryl methyl sites for hydroxylation is 1. The van der Waals surface area contributed by atoms with Gasteiger partial charge in [0.15, 0.2) is 5.96 Å². The fourth-order valence-corrected chi connectivity index (χ4v) is 3.93. The molecule has 3 rings (SSSR count). The molecule has 0 aliphatic carbocycles. The predicted octanol–water partition coefficient (Wildman–Crippen LogP) is 3.93. The number of aliphatic imine (C=N–C) groups is 1. The number of rotatable bonds is 6. The first kappa shape index (κ1) is 23.0. The van der Waals surface area contributed by atoms with Gasteiger partial charge in [0.2, 0.25) is 0 Å². The number of hydrogen-bond acceptors (Lipinski definition) is 4. The molecule has 2 aromatic rings. The number of aromatic nitrogens is 1. The maximum absolute atomic E-state index is 13.0. The third kappa shape index (κ3) is 7.29. The van der Waals surface area contributed by atoms with Gasteiger partial charge in [-0.05, 0) is 44.4 Å². The molecule has 0 radical (unpaired) electrons. The van der Waals surface area contributed by atoms with E-state index in [1.165, 1.54) is 17.0 Å². The van der Waals surface area contributed by atoms with Gasteiger partial charge in [-0.3, -0.25) is 4.90 Å². The van der Waals surface area contributed by atoms with Crippen molar-refractivity contribution in [2.75, 3.05) is 19.6 Å². The highest BCUT2D eigenvalue weighted by Gasteiger charge is 2.20. The summed E-state index contributed by atoms with van der Waals surface area (Å²) < 4.78 is 13.0. The fraction of sp³-hybridized carbons (Fsp3) is 0.500. The Morgan fingerprint density at radius 2 is 2.00 bits per heavy atom. The van der Waals surface area contributed by atoms with Gasteiger partial charge in [-0.15, -0.1) is 35.3 Å². The first-order valence-corrected chi connectivity index (χ1v) is 10.4. The third-order valence-electron chi connectivity index (χ3n) is 4.63. The van der Waals surface area contributed by atoms with Crippen molar-refractivity contribution in [3.8, 4) is 0 Å². The van der Waals surface area contributed by atoms with Crippen LogP contribution in [0, 0.1) is 12.7 Å². The monoisotopic (exact) mass is 517 g/mol. The predicted molar refractivity (Wildman–Crippen MR) is 125 cm³/mol. The lowest BCUT2D eigenvalue weighted by Gasteiger charge is -2.33. The minimum Gasteiger partial charge on any atom is -0.357 e. The summed E-state index contributed by atoms with van der Waals surface area (Å²) in [6.07, 6.45) is 4.04. The maximum Gasteiger partial charge on any atom is 0.191 e. The standard InChI is InChI=1S/C20H28FN5S.HI/c1-3-22-20(24-13-19-23-12-15(2)27-19)25-18-8-10-26(11-9-18)14-16-4-6-17(21)7-5-16;/h4-7,12,18H,3,8-11,13-14H2,1-2H3,(H2,22,24,25);1H. The largest absolute Gasteiger partial charge is 0.357 e. The molecular formula is C20H29FIN5S. The molecule has 1 aromatic carbocycles. The first-order valence-electron chi connectivity index (χ1n) is 9.55. The highest BCUT2D eigenvalue weighted by Crippen LogP contribution is 2.15. The average Bonchev–Trinajstić information content (AvgIpc) is 3.09. The van der Waals surface area contributed by atoms with E-state index in [-0.39, 0.29) is 29.8 Å². The van der Waals surface area contributed by atoms with Gasteiger partial charge >= 0.3 is 0 Å². The molecule has 2 heterocycles. The Kier molecular flexibility index (Phi) is 9.60. The van der Waals surface area contributed by atoms with Crippen molar-refractivity contribution in [1.82, 2.24) is 20.5 Å². The molecule has 1 saturated heterocycles. The van der Waals surface area contributed by atoms with Crippen LogP contribution in [-0.4, -0.2) is 41.5 Å². The molecule has 0 amide bonds. The highest BCUT2D eigenvalue weighted by atomic mass is 127. The molecule has 0 atom stereocenters. The normalized spacial score (nSPS) is 15.9. The average molecular weight is 517 g/mol. The Morgan fingerprint density at radius 1 is 1.29 bits per heavy atom. The van der Waals surface area contributed by atoms with E-state index in [9.17, 15) is 4.39 Å². The Hall–Kier alpha value is -1.26. The van der Waals surface area contributed by atoms with Gasteiger partial charge in [0.25, 0.3) is 0 Å². The fourth-order valence-electron chi connectivity index (χ4n) is 3.22. The summed E-state index contributed by atoms with van der Waals surface area (Å²) in [5.41, 5.74) is 1.16. The van der Waals surface area contributed by atoms with Crippen molar-refractivity contribution < 1.29 is 4.39 Å². The Morgan fingerprint density at radius 3 is 2.61 bits per heavy atom. The smallest absolute Gasteiger partial charge is 0.191 e. The van der Waals surface area contributed by atoms with E-state index in [1.807, 2.05) is 18.3 Å². The third-order valence-corrected chi connectivity index (χ3v) is 5.53.